The summed E-state index contributed by atoms with van der Waals surface area (Å²) in [5, 5.41) is 0. The summed E-state index contributed by atoms with van der Waals surface area (Å²) in [6, 6.07) is 0. The number of hydrogen-bond acceptors (Lipinski definition) is 0. The predicted molar refractivity (Wildman–Crippen MR) is 84.9 cm³/mol. The van der Waals surface area contributed by atoms with E-state index in [1.807, 2.05) is 0 Å². The van der Waals surface area contributed by atoms with Crippen LogP contribution in [0.4, 0.5) is 0 Å². The summed E-state index contributed by atoms with van der Waals surface area (Å²) < 4.78 is 0. The van der Waals surface area contributed by atoms with E-state index < -0.39 is 0 Å². The van der Waals surface area contributed by atoms with Crippen molar-refractivity contribution in [3.05, 3.63) is 0 Å². The standard InChI is InChI=1S/C18H38/c1-15(2)10-8-11-16(3)12-9-13-17(4)14-18(5,6)7/h15-17H,8-14H2,1-7H3. The molecule has 0 nitrogen and oxygen atoms in total. The van der Waals surface area contributed by atoms with Gasteiger partial charge in [-0.1, -0.05) is 87.0 Å². The lowest BCUT2D eigenvalue weighted by atomic mass is 9.83. The lowest BCUT2D eigenvalue weighted by Gasteiger charge is -2.23. The highest BCUT2D eigenvalue weighted by Crippen LogP contribution is 2.28. The molecule has 0 heteroatoms. The summed E-state index contributed by atoms with van der Waals surface area (Å²) in [7, 11) is 0. The molecule has 0 rings (SSSR count). The van der Waals surface area contributed by atoms with E-state index in [1.165, 1.54) is 44.9 Å². The highest BCUT2D eigenvalue weighted by atomic mass is 14.2. The van der Waals surface area contributed by atoms with E-state index in [1.54, 1.807) is 0 Å². The molecule has 2 unspecified atom stereocenters. The molecule has 0 saturated heterocycles. The average Bonchev–Trinajstić information content (AvgIpc) is 2.13. The maximum Gasteiger partial charge on any atom is -0.0380 e. The van der Waals surface area contributed by atoms with Crippen molar-refractivity contribution in [2.45, 2.75) is 93.4 Å². The Morgan fingerprint density at radius 2 is 1.11 bits per heavy atom. The zero-order valence-electron chi connectivity index (χ0n) is 14.2. The van der Waals surface area contributed by atoms with E-state index in [2.05, 4.69) is 48.5 Å². The van der Waals surface area contributed by atoms with Gasteiger partial charge in [-0.3, -0.25) is 0 Å². The molecule has 0 saturated carbocycles. The van der Waals surface area contributed by atoms with Crippen molar-refractivity contribution in [1.82, 2.24) is 0 Å². The van der Waals surface area contributed by atoms with Gasteiger partial charge in [0.05, 0.1) is 0 Å². The molecular formula is C18H38. The third kappa shape index (κ3) is 12.5. The van der Waals surface area contributed by atoms with Crippen LogP contribution < -0.4 is 0 Å². The molecule has 0 aromatic rings. The van der Waals surface area contributed by atoms with Crippen LogP contribution in [0.1, 0.15) is 93.4 Å². The summed E-state index contributed by atoms with van der Waals surface area (Å²) in [6.45, 7) is 16.6. The Labute approximate surface area is 117 Å². The van der Waals surface area contributed by atoms with E-state index >= 15 is 0 Å². The van der Waals surface area contributed by atoms with Crippen molar-refractivity contribution in [1.29, 1.82) is 0 Å². The van der Waals surface area contributed by atoms with Crippen LogP contribution in [0.3, 0.4) is 0 Å². The minimum atomic E-state index is 0.502. The lowest BCUT2D eigenvalue weighted by Crippen LogP contribution is -2.11. The van der Waals surface area contributed by atoms with Crippen molar-refractivity contribution in [2.24, 2.45) is 23.2 Å². The van der Waals surface area contributed by atoms with Gasteiger partial charge >= 0.3 is 0 Å². The van der Waals surface area contributed by atoms with E-state index in [-0.39, 0.29) is 0 Å². The molecule has 0 heterocycles. The molecule has 2 atom stereocenters. The fourth-order valence-corrected chi connectivity index (χ4v) is 2.98. The molecule has 18 heavy (non-hydrogen) atoms. The molecule has 0 bridgehead atoms. The lowest BCUT2D eigenvalue weighted by molar-refractivity contribution is 0.286. The Balaban J connectivity index is 3.52. The predicted octanol–water partition coefficient (Wildman–Crippen LogP) is 6.69. The molecule has 0 aliphatic heterocycles. The highest BCUT2D eigenvalue weighted by Gasteiger charge is 2.15. The molecule has 0 aliphatic rings. The second-order valence-electron chi connectivity index (χ2n) is 8.23. The Hall–Kier alpha value is 0. The Kier molecular flexibility index (Phi) is 8.99. The van der Waals surface area contributed by atoms with E-state index in [0.29, 0.717) is 5.41 Å². The number of hydrogen-bond donors (Lipinski definition) is 0. The highest BCUT2D eigenvalue weighted by molar-refractivity contribution is 4.67. The molecule has 0 aromatic carbocycles. The summed E-state index contributed by atoms with van der Waals surface area (Å²) in [4.78, 5) is 0. The van der Waals surface area contributed by atoms with Gasteiger partial charge in [0.15, 0.2) is 0 Å². The first-order valence-electron chi connectivity index (χ1n) is 8.20. The van der Waals surface area contributed by atoms with Gasteiger partial charge < -0.3 is 0 Å². The monoisotopic (exact) mass is 254 g/mol. The van der Waals surface area contributed by atoms with Crippen LogP contribution >= 0.6 is 0 Å². The van der Waals surface area contributed by atoms with Crippen LogP contribution in [-0.4, -0.2) is 0 Å². The molecule has 0 amide bonds. The first-order valence-corrected chi connectivity index (χ1v) is 8.20. The molecule has 0 aliphatic carbocycles. The SMILES string of the molecule is CC(C)CCCC(C)CCCC(C)CC(C)(C)C. The maximum absolute atomic E-state index is 2.44. The van der Waals surface area contributed by atoms with Gasteiger partial charge in [-0.15, -0.1) is 0 Å². The first-order chi connectivity index (χ1) is 8.20. The molecule has 0 N–H and O–H groups in total. The zero-order valence-corrected chi connectivity index (χ0v) is 14.2. The minimum absolute atomic E-state index is 0.502. The van der Waals surface area contributed by atoms with Crippen LogP contribution in [0.15, 0.2) is 0 Å². The fraction of sp³-hybridized carbons (Fsp3) is 1.00. The fourth-order valence-electron chi connectivity index (χ4n) is 2.98. The van der Waals surface area contributed by atoms with Crippen molar-refractivity contribution >= 4 is 0 Å². The molecule has 0 fully saturated rings. The second kappa shape index (κ2) is 8.99. The Morgan fingerprint density at radius 1 is 0.667 bits per heavy atom. The third-order valence-corrected chi connectivity index (χ3v) is 3.83. The zero-order chi connectivity index (χ0) is 14.2. The van der Waals surface area contributed by atoms with Crippen LogP contribution in [0.5, 0.6) is 0 Å². The van der Waals surface area contributed by atoms with Gasteiger partial charge in [-0.2, -0.15) is 0 Å². The van der Waals surface area contributed by atoms with Crippen molar-refractivity contribution < 1.29 is 0 Å². The molecule has 0 aromatic heterocycles. The molecule has 0 radical (unpaired) electrons. The Bertz CT molecular complexity index is 185. The molecule has 110 valence electrons. The van der Waals surface area contributed by atoms with E-state index in [9.17, 15) is 0 Å². The van der Waals surface area contributed by atoms with Gasteiger partial charge in [-0.05, 0) is 29.6 Å². The van der Waals surface area contributed by atoms with Gasteiger partial charge in [0.2, 0.25) is 0 Å². The van der Waals surface area contributed by atoms with Gasteiger partial charge in [0, 0.05) is 0 Å². The Morgan fingerprint density at radius 3 is 1.56 bits per heavy atom. The van der Waals surface area contributed by atoms with Crippen LogP contribution in [0, 0.1) is 23.2 Å². The smallest absolute Gasteiger partial charge is 0.0380 e. The third-order valence-electron chi connectivity index (χ3n) is 3.83. The minimum Gasteiger partial charge on any atom is -0.0628 e. The number of rotatable bonds is 9. The largest absolute Gasteiger partial charge is 0.0628 e. The second-order valence-corrected chi connectivity index (χ2v) is 8.23. The normalized spacial score (nSPS) is 16.0. The van der Waals surface area contributed by atoms with Crippen molar-refractivity contribution in [3.63, 3.8) is 0 Å². The summed E-state index contributed by atoms with van der Waals surface area (Å²) in [5.41, 5.74) is 0.502. The van der Waals surface area contributed by atoms with Gasteiger partial charge in [0.25, 0.3) is 0 Å². The summed E-state index contributed by atoms with van der Waals surface area (Å²) in [6.07, 6.45) is 9.93. The maximum atomic E-state index is 2.44. The van der Waals surface area contributed by atoms with Gasteiger partial charge in [0.1, 0.15) is 0 Å². The topological polar surface area (TPSA) is 0 Å². The van der Waals surface area contributed by atoms with Crippen LogP contribution in [-0.2, 0) is 0 Å². The van der Waals surface area contributed by atoms with Crippen LogP contribution in [0.2, 0.25) is 0 Å². The molecular weight excluding hydrogens is 216 g/mol. The van der Waals surface area contributed by atoms with E-state index in [4.69, 9.17) is 0 Å². The first kappa shape index (κ1) is 18.0. The van der Waals surface area contributed by atoms with Crippen molar-refractivity contribution in [2.75, 3.05) is 0 Å². The molecule has 0 spiro atoms. The van der Waals surface area contributed by atoms with Crippen molar-refractivity contribution in [3.8, 4) is 0 Å². The van der Waals surface area contributed by atoms with Gasteiger partial charge in [-0.25, -0.2) is 0 Å². The van der Waals surface area contributed by atoms with Crippen LogP contribution in [0.25, 0.3) is 0 Å². The van der Waals surface area contributed by atoms with E-state index in [0.717, 1.165) is 17.8 Å². The quantitative estimate of drug-likeness (QED) is 0.430. The average molecular weight is 255 g/mol. The summed E-state index contributed by atoms with van der Waals surface area (Å²) >= 11 is 0. The summed E-state index contributed by atoms with van der Waals surface area (Å²) in [5.74, 6) is 2.71.